The van der Waals surface area contributed by atoms with Crippen LogP contribution in [0.4, 0.5) is 0 Å². The van der Waals surface area contributed by atoms with E-state index in [0.29, 0.717) is 6.42 Å². The summed E-state index contributed by atoms with van der Waals surface area (Å²) in [6.07, 6.45) is 5.29. The van der Waals surface area contributed by atoms with Crippen molar-refractivity contribution in [3.63, 3.8) is 0 Å². The van der Waals surface area contributed by atoms with Crippen LogP contribution in [0.25, 0.3) is 0 Å². The van der Waals surface area contributed by atoms with Crippen molar-refractivity contribution in [2.75, 3.05) is 6.54 Å². The van der Waals surface area contributed by atoms with E-state index in [2.05, 4.69) is 0 Å². The maximum atomic E-state index is 11.5. The summed E-state index contributed by atoms with van der Waals surface area (Å²) in [4.78, 5) is 24.1. The van der Waals surface area contributed by atoms with Crippen LogP contribution in [-0.4, -0.2) is 34.5 Å². The number of hydrogen-bond acceptors (Lipinski definition) is 2. The van der Waals surface area contributed by atoms with Crippen LogP contribution >= 0.6 is 0 Å². The molecule has 2 aliphatic rings. The number of amides is 1. The van der Waals surface area contributed by atoms with Gasteiger partial charge >= 0.3 is 5.97 Å². The van der Waals surface area contributed by atoms with E-state index in [1.165, 1.54) is 0 Å². The Labute approximate surface area is 88.6 Å². The Morgan fingerprint density at radius 2 is 2.40 bits per heavy atom. The molecule has 0 aromatic heterocycles. The van der Waals surface area contributed by atoms with Crippen LogP contribution in [0.5, 0.6) is 0 Å². The van der Waals surface area contributed by atoms with Crippen molar-refractivity contribution in [2.45, 2.75) is 38.1 Å². The molecule has 82 valence electrons. The van der Waals surface area contributed by atoms with Gasteiger partial charge in [0.25, 0.3) is 0 Å². The summed E-state index contributed by atoms with van der Waals surface area (Å²) >= 11 is 0. The van der Waals surface area contributed by atoms with Gasteiger partial charge in [0.15, 0.2) is 0 Å². The Morgan fingerprint density at radius 3 is 3.13 bits per heavy atom. The van der Waals surface area contributed by atoms with Crippen molar-refractivity contribution in [1.82, 2.24) is 4.90 Å². The molecule has 0 aliphatic carbocycles. The van der Waals surface area contributed by atoms with Crippen molar-refractivity contribution in [2.24, 2.45) is 0 Å². The average Bonchev–Trinajstić information content (AvgIpc) is 2.42. The Morgan fingerprint density at radius 1 is 1.60 bits per heavy atom. The standard InChI is InChI=1S/C11H15NO3/c13-10-5-4-9-8(7-11(14)15)3-1-2-6-12(9)10/h3,9H,1-2,4-7H2,(H,14,15)/t9-/m0/s1. The third-order valence-electron chi connectivity index (χ3n) is 3.12. The van der Waals surface area contributed by atoms with Crippen molar-refractivity contribution in [3.8, 4) is 0 Å². The molecule has 0 spiro atoms. The van der Waals surface area contributed by atoms with Crippen LogP contribution in [0.3, 0.4) is 0 Å². The first-order chi connectivity index (χ1) is 7.18. The van der Waals surface area contributed by atoms with Gasteiger partial charge in [0.2, 0.25) is 5.91 Å². The summed E-state index contributed by atoms with van der Waals surface area (Å²) in [6, 6.07) is 0.0658. The number of fused-ring (bicyclic) bond motifs is 1. The maximum absolute atomic E-state index is 11.5. The third kappa shape index (κ3) is 2.03. The van der Waals surface area contributed by atoms with Gasteiger partial charge in [0.05, 0.1) is 12.5 Å². The molecule has 2 aliphatic heterocycles. The predicted octanol–water partition coefficient (Wildman–Crippen LogP) is 1.17. The normalized spacial score (nSPS) is 25.9. The molecule has 2 heterocycles. The van der Waals surface area contributed by atoms with Crippen molar-refractivity contribution >= 4 is 11.9 Å². The monoisotopic (exact) mass is 209 g/mol. The van der Waals surface area contributed by atoms with Crippen LogP contribution in [0, 0.1) is 0 Å². The number of hydrogen-bond donors (Lipinski definition) is 1. The highest BCUT2D eigenvalue weighted by Crippen LogP contribution is 2.29. The summed E-state index contributed by atoms with van der Waals surface area (Å²) in [6.45, 7) is 0.781. The SMILES string of the molecule is O=C(O)CC1=CCCCN2C(=O)CC[C@@H]12. The number of carboxylic acids is 1. The highest BCUT2D eigenvalue weighted by Gasteiger charge is 2.34. The zero-order valence-corrected chi connectivity index (χ0v) is 8.61. The molecule has 4 nitrogen and oxygen atoms in total. The fourth-order valence-corrected chi connectivity index (χ4v) is 2.45. The molecule has 1 amide bonds. The topological polar surface area (TPSA) is 57.6 Å². The second-order valence-corrected chi connectivity index (χ2v) is 4.13. The van der Waals surface area contributed by atoms with E-state index in [1.807, 2.05) is 11.0 Å². The zero-order valence-electron chi connectivity index (χ0n) is 8.61. The van der Waals surface area contributed by atoms with E-state index >= 15 is 0 Å². The van der Waals surface area contributed by atoms with Gasteiger partial charge in [-0.25, -0.2) is 0 Å². The fraction of sp³-hybridized carbons (Fsp3) is 0.636. The van der Waals surface area contributed by atoms with E-state index in [-0.39, 0.29) is 18.4 Å². The lowest BCUT2D eigenvalue weighted by Crippen LogP contribution is -2.34. The molecule has 0 radical (unpaired) electrons. The van der Waals surface area contributed by atoms with E-state index in [9.17, 15) is 9.59 Å². The van der Waals surface area contributed by atoms with Gasteiger partial charge in [0.1, 0.15) is 0 Å². The lowest BCUT2D eigenvalue weighted by Gasteiger charge is -2.24. The molecule has 1 N–H and O–H groups in total. The predicted molar refractivity (Wildman–Crippen MR) is 54.3 cm³/mol. The second-order valence-electron chi connectivity index (χ2n) is 4.13. The van der Waals surface area contributed by atoms with Gasteiger partial charge in [0, 0.05) is 13.0 Å². The molecule has 0 bridgehead atoms. The Bertz CT molecular complexity index is 322. The molecule has 0 saturated carbocycles. The number of carbonyl (C=O) groups is 2. The molecule has 0 aromatic rings. The molecule has 15 heavy (non-hydrogen) atoms. The third-order valence-corrected chi connectivity index (χ3v) is 3.12. The largest absolute Gasteiger partial charge is 0.481 e. The number of allylic oxidation sites excluding steroid dienone is 1. The van der Waals surface area contributed by atoms with E-state index < -0.39 is 5.97 Å². The Balaban J connectivity index is 2.17. The van der Waals surface area contributed by atoms with Crippen LogP contribution in [0.1, 0.15) is 32.1 Å². The average molecular weight is 209 g/mol. The van der Waals surface area contributed by atoms with E-state index in [4.69, 9.17) is 5.11 Å². The molecule has 1 atom stereocenters. The minimum absolute atomic E-state index is 0.0658. The number of carbonyl (C=O) groups excluding carboxylic acids is 1. The lowest BCUT2D eigenvalue weighted by atomic mass is 10.0. The number of carboxylic acid groups (broad SMARTS) is 1. The fourth-order valence-electron chi connectivity index (χ4n) is 2.45. The van der Waals surface area contributed by atoms with E-state index in [1.54, 1.807) is 0 Å². The molecule has 1 fully saturated rings. The summed E-state index contributed by atoms with van der Waals surface area (Å²) in [5.74, 6) is -0.624. The van der Waals surface area contributed by atoms with Crippen molar-refractivity contribution < 1.29 is 14.7 Å². The van der Waals surface area contributed by atoms with Gasteiger partial charge in [-0.05, 0) is 24.8 Å². The van der Waals surface area contributed by atoms with Crippen LogP contribution in [0.15, 0.2) is 11.6 Å². The number of nitrogens with zero attached hydrogens (tertiary/aromatic N) is 1. The van der Waals surface area contributed by atoms with Crippen molar-refractivity contribution in [3.05, 3.63) is 11.6 Å². The molecule has 1 saturated heterocycles. The summed E-state index contributed by atoms with van der Waals surface area (Å²) in [7, 11) is 0. The first-order valence-electron chi connectivity index (χ1n) is 5.38. The van der Waals surface area contributed by atoms with Gasteiger partial charge in [-0.1, -0.05) is 6.08 Å². The molecule has 2 rings (SSSR count). The van der Waals surface area contributed by atoms with E-state index in [0.717, 1.165) is 31.4 Å². The minimum Gasteiger partial charge on any atom is -0.481 e. The molecule has 4 heteroatoms. The minimum atomic E-state index is -0.803. The molecular formula is C11H15NO3. The highest BCUT2D eigenvalue weighted by atomic mass is 16.4. The highest BCUT2D eigenvalue weighted by molar-refractivity contribution is 5.80. The van der Waals surface area contributed by atoms with Crippen LogP contribution in [-0.2, 0) is 9.59 Å². The Hall–Kier alpha value is -1.32. The zero-order chi connectivity index (χ0) is 10.8. The summed E-state index contributed by atoms with van der Waals surface area (Å²) in [5.41, 5.74) is 0.922. The van der Waals surface area contributed by atoms with Gasteiger partial charge in [-0.15, -0.1) is 0 Å². The quantitative estimate of drug-likeness (QED) is 0.694. The maximum Gasteiger partial charge on any atom is 0.307 e. The van der Waals surface area contributed by atoms with Gasteiger partial charge < -0.3 is 10.0 Å². The number of aliphatic carboxylic acids is 1. The van der Waals surface area contributed by atoms with Crippen LogP contribution < -0.4 is 0 Å². The van der Waals surface area contributed by atoms with Crippen molar-refractivity contribution in [1.29, 1.82) is 0 Å². The summed E-state index contributed by atoms with van der Waals surface area (Å²) in [5, 5.41) is 8.80. The van der Waals surface area contributed by atoms with Crippen LogP contribution in [0.2, 0.25) is 0 Å². The summed E-state index contributed by atoms with van der Waals surface area (Å²) < 4.78 is 0. The molecule has 0 unspecified atom stereocenters. The van der Waals surface area contributed by atoms with Gasteiger partial charge in [-0.2, -0.15) is 0 Å². The van der Waals surface area contributed by atoms with Gasteiger partial charge in [-0.3, -0.25) is 9.59 Å². The Kier molecular flexibility index (Phi) is 2.75. The molecular weight excluding hydrogens is 194 g/mol. The molecule has 0 aromatic carbocycles. The smallest absolute Gasteiger partial charge is 0.307 e. The first kappa shape index (κ1) is 10.2. The lowest BCUT2D eigenvalue weighted by molar-refractivity contribution is -0.136. The number of rotatable bonds is 2. The first-order valence-corrected chi connectivity index (χ1v) is 5.38. The second kappa shape index (κ2) is 4.04.